The monoisotopic (exact) mass is 352 g/mol. The Labute approximate surface area is 146 Å². The van der Waals surface area contributed by atoms with E-state index >= 15 is 0 Å². The molecule has 0 aliphatic carbocycles. The van der Waals surface area contributed by atoms with Gasteiger partial charge in [0.15, 0.2) is 18.1 Å². The number of carbonyl (C=O) groups is 3. The van der Waals surface area contributed by atoms with Crippen LogP contribution in [0.1, 0.15) is 30.6 Å². The number of rotatable bonds is 9. The third-order valence-corrected chi connectivity index (χ3v) is 3.26. The first-order valence-corrected chi connectivity index (χ1v) is 7.89. The summed E-state index contributed by atoms with van der Waals surface area (Å²) in [6, 6.07) is 3.81. The Kier molecular flexibility index (Phi) is 8.25. The summed E-state index contributed by atoms with van der Waals surface area (Å²) >= 11 is 0. The average Bonchev–Trinajstić information content (AvgIpc) is 2.63. The summed E-state index contributed by atoms with van der Waals surface area (Å²) in [5.74, 6) is -0.610. The normalized spacial score (nSPS) is 11.2. The van der Waals surface area contributed by atoms with E-state index in [4.69, 9.17) is 9.47 Å². The summed E-state index contributed by atoms with van der Waals surface area (Å²) in [6.07, 6.45) is 0.816. The van der Waals surface area contributed by atoms with Crippen LogP contribution in [0.25, 0.3) is 0 Å². The molecule has 0 aromatic heterocycles. The van der Waals surface area contributed by atoms with Crippen molar-refractivity contribution in [2.24, 2.45) is 0 Å². The SMILES string of the molecule is CCCNC(=O)[C@@H](C)NC(=O)COc1ccc(C(=O)OC)cc1OC. The van der Waals surface area contributed by atoms with Gasteiger partial charge in [-0.2, -0.15) is 0 Å². The maximum atomic E-state index is 11.9. The molecule has 0 fully saturated rings. The Morgan fingerprint density at radius 2 is 1.88 bits per heavy atom. The number of ether oxygens (including phenoxy) is 3. The summed E-state index contributed by atoms with van der Waals surface area (Å²) in [5, 5.41) is 5.24. The highest BCUT2D eigenvalue weighted by Gasteiger charge is 2.16. The van der Waals surface area contributed by atoms with Crippen molar-refractivity contribution in [2.75, 3.05) is 27.4 Å². The summed E-state index contributed by atoms with van der Waals surface area (Å²) in [6.45, 7) is 3.80. The van der Waals surface area contributed by atoms with Crippen LogP contribution in [-0.4, -0.2) is 51.2 Å². The lowest BCUT2D eigenvalue weighted by Crippen LogP contribution is -2.46. The Morgan fingerprint density at radius 1 is 1.16 bits per heavy atom. The van der Waals surface area contributed by atoms with E-state index in [0.717, 1.165) is 6.42 Å². The highest BCUT2D eigenvalue weighted by atomic mass is 16.5. The molecule has 0 spiro atoms. The van der Waals surface area contributed by atoms with Crippen LogP contribution in [0.15, 0.2) is 18.2 Å². The third kappa shape index (κ3) is 6.33. The third-order valence-electron chi connectivity index (χ3n) is 3.26. The second-order valence-electron chi connectivity index (χ2n) is 5.23. The molecule has 25 heavy (non-hydrogen) atoms. The van der Waals surface area contributed by atoms with Gasteiger partial charge in [-0.1, -0.05) is 6.92 Å². The molecule has 0 aliphatic heterocycles. The van der Waals surface area contributed by atoms with Crippen LogP contribution in [0.2, 0.25) is 0 Å². The van der Waals surface area contributed by atoms with Gasteiger partial charge in [0.2, 0.25) is 5.91 Å². The molecule has 8 nitrogen and oxygen atoms in total. The minimum Gasteiger partial charge on any atom is -0.493 e. The molecule has 1 aromatic rings. The van der Waals surface area contributed by atoms with Gasteiger partial charge in [0.05, 0.1) is 19.8 Å². The predicted molar refractivity (Wildman–Crippen MR) is 90.7 cm³/mol. The number of methoxy groups -OCH3 is 2. The molecule has 1 atom stereocenters. The van der Waals surface area contributed by atoms with Gasteiger partial charge < -0.3 is 24.8 Å². The number of hydrogen-bond acceptors (Lipinski definition) is 6. The fraction of sp³-hybridized carbons (Fsp3) is 0.471. The minimum atomic E-state index is -0.661. The van der Waals surface area contributed by atoms with Gasteiger partial charge in [-0.3, -0.25) is 9.59 Å². The van der Waals surface area contributed by atoms with E-state index in [2.05, 4.69) is 15.4 Å². The summed E-state index contributed by atoms with van der Waals surface area (Å²) in [5.41, 5.74) is 0.303. The van der Waals surface area contributed by atoms with Crippen molar-refractivity contribution in [2.45, 2.75) is 26.3 Å². The van der Waals surface area contributed by atoms with Crippen molar-refractivity contribution < 1.29 is 28.6 Å². The number of amides is 2. The molecule has 2 amide bonds. The maximum Gasteiger partial charge on any atom is 0.337 e. The molecule has 0 saturated heterocycles. The second-order valence-corrected chi connectivity index (χ2v) is 5.23. The van der Waals surface area contributed by atoms with E-state index in [1.165, 1.54) is 32.4 Å². The zero-order valence-corrected chi connectivity index (χ0v) is 14.9. The number of nitrogens with one attached hydrogen (secondary N) is 2. The first kappa shape index (κ1) is 20.3. The van der Waals surface area contributed by atoms with E-state index in [1.54, 1.807) is 6.92 Å². The molecule has 1 rings (SSSR count). The minimum absolute atomic E-state index is 0.254. The highest BCUT2D eigenvalue weighted by molar-refractivity contribution is 5.90. The Morgan fingerprint density at radius 3 is 2.48 bits per heavy atom. The van der Waals surface area contributed by atoms with Gasteiger partial charge in [0.1, 0.15) is 6.04 Å². The van der Waals surface area contributed by atoms with Crippen molar-refractivity contribution >= 4 is 17.8 Å². The van der Waals surface area contributed by atoms with Crippen LogP contribution in [0.5, 0.6) is 11.5 Å². The molecule has 0 radical (unpaired) electrons. The van der Waals surface area contributed by atoms with Gasteiger partial charge in [-0.15, -0.1) is 0 Å². The quantitative estimate of drug-likeness (QED) is 0.640. The fourth-order valence-corrected chi connectivity index (χ4v) is 1.92. The summed E-state index contributed by atoms with van der Waals surface area (Å²) in [7, 11) is 2.70. The largest absolute Gasteiger partial charge is 0.493 e. The van der Waals surface area contributed by atoms with Crippen molar-refractivity contribution in [1.29, 1.82) is 0 Å². The smallest absolute Gasteiger partial charge is 0.337 e. The molecule has 0 aliphatic rings. The van der Waals surface area contributed by atoms with E-state index in [9.17, 15) is 14.4 Å². The number of carbonyl (C=O) groups excluding carboxylic acids is 3. The number of benzene rings is 1. The molecule has 1 aromatic carbocycles. The molecule has 0 unspecified atom stereocenters. The zero-order chi connectivity index (χ0) is 18.8. The van der Waals surface area contributed by atoms with Crippen LogP contribution >= 0.6 is 0 Å². The topological polar surface area (TPSA) is 103 Å². The van der Waals surface area contributed by atoms with E-state index in [1.807, 2.05) is 6.92 Å². The molecule has 8 heteroatoms. The predicted octanol–water partition coefficient (Wildman–Crippen LogP) is 0.891. The lowest BCUT2D eigenvalue weighted by Gasteiger charge is -2.15. The van der Waals surface area contributed by atoms with Gasteiger partial charge >= 0.3 is 5.97 Å². The lowest BCUT2D eigenvalue weighted by atomic mass is 10.2. The first-order chi connectivity index (χ1) is 11.9. The molecule has 2 N–H and O–H groups in total. The van der Waals surface area contributed by atoms with Crippen molar-refractivity contribution in [3.8, 4) is 11.5 Å². The number of esters is 1. The van der Waals surface area contributed by atoms with Crippen LogP contribution in [0.4, 0.5) is 0 Å². The summed E-state index contributed by atoms with van der Waals surface area (Å²) in [4.78, 5) is 35.1. The van der Waals surface area contributed by atoms with Crippen molar-refractivity contribution in [3.63, 3.8) is 0 Å². The maximum absolute atomic E-state index is 11.9. The Balaban J connectivity index is 2.60. The van der Waals surface area contributed by atoms with Gasteiger partial charge in [0, 0.05) is 6.54 Å². The molecule has 0 bridgehead atoms. The average molecular weight is 352 g/mol. The van der Waals surface area contributed by atoms with E-state index in [0.29, 0.717) is 23.6 Å². The van der Waals surface area contributed by atoms with Gasteiger partial charge in [0.25, 0.3) is 5.91 Å². The van der Waals surface area contributed by atoms with Crippen LogP contribution in [-0.2, 0) is 14.3 Å². The molecular formula is C17H24N2O6. The molecule has 0 heterocycles. The standard InChI is InChI=1S/C17H24N2O6/c1-5-8-18-16(21)11(2)19-15(20)10-25-13-7-6-12(17(22)24-4)9-14(13)23-3/h6-7,9,11H,5,8,10H2,1-4H3,(H,18,21)(H,19,20)/t11-/m1/s1. The van der Waals surface area contributed by atoms with Crippen LogP contribution < -0.4 is 20.1 Å². The van der Waals surface area contributed by atoms with Crippen molar-refractivity contribution in [1.82, 2.24) is 10.6 Å². The second kappa shape index (κ2) is 10.2. The van der Waals surface area contributed by atoms with Crippen LogP contribution in [0.3, 0.4) is 0 Å². The lowest BCUT2D eigenvalue weighted by molar-refractivity contribution is -0.129. The van der Waals surface area contributed by atoms with E-state index in [-0.39, 0.29) is 12.5 Å². The molecular weight excluding hydrogens is 328 g/mol. The van der Waals surface area contributed by atoms with Gasteiger partial charge in [-0.25, -0.2) is 4.79 Å². The highest BCUT2D eigenvalue weighted by Crippen LogP contribution is 2.28. The Bertz CT molecular complexity index is 617. The summed E-state index contributed by atoms with van der Waals surface area (Å²) < 4.78 is 15.2. The molecule has 0 saturated carbocycles. The zero-order valence-electron chi connectivity index (χ0n) is 14.9. The van der Waals surface area contributed by atoms with Crippen molar-refractivity contribution in [3.05, 3.63) is 23.8 Å². The first-order valence-electron chi connectivity index (χ1n) is 7.89. The van der Waals surface area contributed by atoms with E-state index < -0.39 is 17.9 Å². The Hall–Kier alpha value is -2.77. The molecule has 138 valence electrons. The number of hydrogen-bond donors (Lipinski definition) is 2. The van der Waals surface area contributed by atoms with Gasteiger partial charge in [-0.05, 0) is 31.5 Å². The fourth-order valence-electron chi connectivity index (χ4n) is 1.92. The van der Waals surface area contributed by atoms with Crippen LogP contribution in [0, 0.1) is 0 Å².